The highest BCUT2D eigenvalue weighted by molar-refractivity contribution is 6.29. The van der Waals surface area contributed by atoms with Crippen LogP contribution in [0.25, 0.3) is 5.65 Å². The summed E-state index contributed by atoms with van der Waals surface area (Å²) in [7, 11) is 0. The van der Waals surface area contributed by atoms with Gasteiger partial charge in [-0.05, 0) is 12.1 Å². The number of hydrogen-bond acceptors (Lipinski definition) is 3. The molecule has 0 amide bonds. The molecule has 0 aromatic carbocycles. The third-order valence-electron chi connectivity index (χ3n) is 1.48. The third kappa shape index (κ3) is 0.840. The first-order valence-electron chi connectivity index (χ1n) is 3.22. The minimum absolute atomic E-state index is 0.204. The van der Waals surface area contributed by atoms with E-state index in [1.807, 2.05) is 6.07 Å². The summed E-state index contributed by atoms with van der Waals surface area (Å²) in [5, 5.41) is 16.5. The van der Waals surface area contributed by atoms with Crippen molar-refractivity contribution in [3.63, 3.8) is 0 Å². The van der Waals surface area contributed by atoms with Gasteiger partial charge in [0.25, 0.3) is 0 Å². The Labute approximate surface area is 73.0 Å². The van der Waals surface area contributed by atoms with E-state index in [0.29, 0.717) is 10.8 Å². The summed E-state index contributed by atoms with van der Waals surface area (Å²) in [6.45, 7) is 0. The number of fused-ring (bicyclic) bond motifs is 1. The van der Waals surface area contributed by atoms with Gasteiger partial charge in [-0.2, -0.15) is 5.26 Å². The number of rotatable bonds is 0. The van der Waals surface area contributed by atoms with Crippen LogP contribution in [0.5, 0.6) is 0 Å². The monoisotopic (exact) mass is 178 g/mol. The minimum Gasteiger partial charge on any atom is -0.256 e. The molecule has 0 bridgehead atoms. The first-order chi connectivity index (χ1) is 5.83. The fourth-order valence-electron chi connectivity index (χ4n) is 0.975. The molecule has 0 aliphatic carbocycles. The van der Waals surface area contributed by atoms with E-state index >= 15 is 0 Å². The zero-order chi connectivity index (χ0) is 8.55. The van der Waals surface area contributed by atoms with Crippen LogP contribution in [0.4, 0.5) is 0 Å². The molecule has 0 fully saturated rings. The molecule has 0 radical (unpaired) electrons. The molecule has 2 aromatic heterocycles. The summed E-state index contributed by atoms with van der Waals surface area (Å²) in [5.74, 6) is 0.204. The molecule has 5 heteroatoms. The summed E-state index contributed by atoms with van der Waals surface area (Å²) in [4.78, 5) is 0. The SMILES string of the molecule is N#Cc1nnc2cccc(Cl)n12. The number of pyridine rings is 1. The second-order valence-electron chi connectivity index (χ2n) is 2.18. The molecular formula is C7H3ClN4. The van der Waals surface area contributed by atoms with Gasteiger partial charge in [-0.3, -0.25) is 4.40 Å². The normalized spacial score (nSPS) is 10.0. The van der Waals surface area contributed by atoms with Gasteiger partial charge < -0.3 is 0 Å². The molecule has 0 atom stereocenters. The maximum Gasteiger partial charge on any atom is 0.240 e. The van der Waals surface area contributed by atoms with Gasteiger partial charge in [0, 0.05) is 0 Å². The Hall–Kier alpha value is -1.60. The van der Waals surface area contributed by atoms with Crippen LogP contribution in [0, 0.1) is 11.3 Å². The van der Waals surface area contributed by atoms with Gasteiger partial charge >= 0.3 is 0 Å². The van der Waals surface area contributed by atoms with E-state index in [4.69, 9.17) is 16.9 Å². The van der Waals surface area contributed by atoms with Crippen molar-refractivity contribution in [2.45, 2.75) is 0 Å². The molecule has 12 heavy (non-hydrogen) atoms. The van der Waals surface area contributed by atoms with E-state index in [1.54, 1.807) is 18.2 Å². The Balaban J connectivity index is 2.95. The number of aromatic nitrogens is 3. The summed E-state index contributed by atoms with van der Waals surface area (Å²) >= 11 is 5.81. The molecule has 0 aliphatic heterocycles. The molecule has 4 nitrogen and oxygen atoms in total. The lowest BCUT2D eigenvalue weighted by atomic mass is 10.5. The van der Waals surface area contributed by atoms with Crippen molar-refractivity contribution >= 4 is 17.2 Å². The predicted molar refractivity (Wildman–Crippen MR) is 42.7 cm³/mol. The Morgan fingerprint density at radius 1 is 1.42 bits per heavy atom. The van der Waals surface area contributed by atoms with Gasteiger partial charge in [0.15, 0.2) is 5.65 Å². The molecule has 0 aliphatic rings. The molecule has 0 spiro atoms. The predicted octanol–water partition coefficient (Wildman–Crippen LogP) is 1.25. The largest absolute Gasteiger partial charge is 0.256 e. The number of halogens is 1. The van der Waals surface area contributed by atoms with Gasteiger partial charge in [0.1, 0.15) is 11.2 Å². The molecule has 2 rings (SSSR count). The molecule has 0 saturated carbocycles. The third-order valence-corrected chi connectivity index (χ3v) is 1.78. The number of hydrogen-bond donors (Lipinski definition) is 0. The van der Waals surface area contributed by atoms with E-state index in [9.17, 15) is 0 Å². The highest BCUT2D eigenvalue weighted by atomic mass is 35.5. The van der Waals surface area contributed by atoms with Crippen molar-refractivity contribution in [1.29, 1.82) is 5.26 Å². The average molecular weight is 179 g/mol. The second kappa shape index (κ2) is 2.47. The molecule has 2 heterocycles. The van der Waals surface area contributed by atoms with Crippen LogP contribution < -0.4 is 0 Å². The quantitative estimate of drug-likeness (QED) is 0.571. The topological polar surface area (TPSA) is 54.0 Å². The summed E-state index contributed by atoms with van der Waals surface area (Å²) < 4.78 is 1.49. The van der Waals surface area contributed by atoms with Gasteiger partial charge in [-0.15, -0.1) is 10.2 Å². The van der Waals surface area contributed by atoms with Crippen LogP contribution in [0.1, 0.15) is 5.82 Å². The fourth-order valence-corrected chi connectivity index (χ4v) is 1.21. The van der Waals surface area contributed by atoms with Gasteiger partial charge in [0.05, 0.1) is 0 Å². The van der Waals surface area contributed by atoms with E-state index in [-0.39, 0.29) is 5.82 Å². The maximum atomic E-state index is 8.62. The maximum absolute atomic E-state index is 8.62. The van der Waals surface area contributed by atoms with Gasteiger partial charge in [-0.1, -0.05) is 17.7 Å². The highest BCUT2D eigenvalue weighted by Gasteiger charge is 2.05. The van der Waals surface area contributed by atoms with E-state index in [1.165, 1.54) is 4.40 Å². The number of nitriles is 1. The lowest BCUT2D eigenvalue weighted by Gasteiger charge is -1.94. The van der Waals surface area contributed by atoms with Crippen LogP contribution in [0.2, 0.25) is 5.15 Å². The Morgan fingerprint density at radius 2 is 2.25 bits per heavy atom. The van der Waals surface area contributed by atoms with Crippen molar-refractivity contribution in [3.05, 3.63) is 29.2 Å². The van der Waals surface area contributed by atoms with Crippen LogP contribution in [0.3, 0.4) is 0 Å². The van der Waals surface area contributed by atoms with Crippen LogP contribution in [-0.2, 0) is 0 Å². The standard InChI is InChI=1S/C7H3ClN4/c8-5-2-1-3-6-10-11-7(4-9)12(5)6/h1-3H. The zero-order valence-corrected chi connectivity index (χ0v) is 6.65. The molecule has 0 N–H and O–H groups in total. The van der Waals surface area contributed by atoms with Crippen LogP contribution >= 0.6 is 11.6 Å². The summed E-state index contributed by atoms with van der Waals surface area (Å²) in [6, 6.07) is 7.07. The van der Waals surface area contributed by atoms with Crippen molar-refractivity contribution < 1.29 is 0 Å². The highest BCUT2D eigenvalue weighted by Crippen LogP contribution is 2.12. The van der Waals surface area contributed by atoms with Crippen molar-refractivity contribution in [2.75, 3.05) is 0 Å². The summed E-state index contributed by atoms with van der Waals surface area (Å²) in [5.41, 5.74) is 0.582. The van der Waals surface area contributed by atoms with Crippen LogP contribution in [-0.4, -0.2) is 14.6 Å². The lowest BCUT2D eigenvalue weighted by Crippen LogP contribution is -1.89. The molecule has 2 aromatic rings. The van der Waals surface area contributed by atoms with Crippen molar-refractivity contribution in [3.8, 4) is 6.07 Å². The Kier molecular flexibility index (Phi) is 1.45. The first-order valence-corrected chi connectivity index (χ1v) is 3.60. The number of nitrogens with zero attached hydrogens (tertiary/aromatic N) is 4. The molecule has 0 unspecified atom stereocenters. The lowest BCUT2D eigenvalue weighted by molar-refractivity contribution is 1.06. The molecular weight excluding hydrogens is 176 g/mol. The van der Waals surface area contributed by atoms with Crippen molar-refractivity contribution in [1.82, 2.24) is 14.6 Å². The second-order valence-corrected chi connectivity index (χ2v) is 2.56. The summed E-state index contributed by atoms with van der Waals surface area (Å²) in [6.07, 6.45) is 0. The van der Waals surface area contributed by atoms with Gasteiger partial charge in [-0.25, -0.2) is 0 Å². The fraction of sp³-hybridized carbons (Fsp3) is 0. The molecule has 58 valence electrons. The minimum atomic E-state index is 0.204. The first kappa shape index (κ1) is 7.07. The molecule has 0 saturated heterocycles. The average Bonchev–Trinajstić information content (AvgIpc) is 2.49. The Bertz CT molecular complexity index is 468. The smallest absolute Gasteiger partial charge is 0.240 e. The van der Waals surface area contributed by atoms with E-state index in [2.05, 4.69) is 10.2 Å². The Morgan fingerprint density at radius 3 is 3.00 bits per heavy atom. The zero-order valence-electron chi connectivity index (χ0n) is 5.90. The van der Waals surface area contributed by atoms with Crippen molar-refractivity contribution in [2.24, 2.45) is 0 Å². The van der Waals surface area contributed by atoms with E-state index in [0.717, 1.165) is 0 Å². The van der Waals surface area contributed by atoms with Crippen LogP contribution in [0.15, 0.2) is 18.2 Å². The van der Waals surface area contributed by atoms with Gasteiger partial charge in [0.2, 0.25) is 5.82 Å². The van der Waals surface area contributed by atoms with E-state index < -0.39 is 0 Å².